The van der Waals surface area contributed by atoms with Crippen molar-refractivity contribution in [2.24, 2.45) is 0 Å². The number of para-hydroxylation sites is 9. The molecule has 624 valence electrons. The molecule has 0 atom stereocenters. The second-order valence-electron chi connectivity index (χ2n) is 34.7. The number of rotatable bonds is 9. The Morgan fingerprint density at radius 2 is 0.522 bits per heavy atom. The van der Waals surface area contributed by atoms with E-state index in [1.807, 2.05) is 91.0 Å². The van der Waals surface area contributed by atoms with Gasteiger partial charge in [0.05, 0.1) is 77.9 Å². The van der Waals surface area contributed by atoms with Gasteiger partial charge in [-0.25, -0.2) is 0 Å². The van der Waals surface area contributed by atoms with Gasteiger partial charge in [-0.15, -0.1) is 30.6 Å². The number of aromatic nitrogens is 14. The topological polar surface area (TPSA) is 117 Å². The zero-order chi connectivity index (χ0) is 87.7. The molecule has 14 nitrogen and oxygen atoms in total. The van der Waals surface area contributed by atoms with Gasteiger partial charge in [0.1, 0.15) is 33.1 Å². The molecule has 1 aliphatic carbocycles. The molecule has 0 saturated heterocycles. The summed E-state index contributed by atoms with van der Waals surface area (Å²) in [5.74, 6) is 0. The Bertz CT molecular complexity index is 9900. The van der Waals surface area contributed by atoms with Gasteiger partial charge in [-0.3, -0.25) is 0 Å². The summed E-state index contributed by atoms with van der Waals surface area (Å²) in [6.45, 7) is 0. The quantitative estimate of drug-likeness (QED) is 0.142. The monoisotopic (exact) mass is 1710 g/mol. The number of benzene rings is 21. The lowest BCUT2D eigenvalue weighted by molar-refractivity contribution is 0.765. The van der Waals surface area contributed by atoms with Gasteiger partial charge >= 0.3 is 0 Å². The predicted octanol–water partition coefficient (Wildman–Crippen LogP) is 29.5. The fourth-order valence-corrected chi connectivity index (χ4v) is 21.4. The van der Waals surface area contributed by atoms with Gasteiger partial charge in [0.15, 0.2) is 0 Å². The summed E-state index contributed by atoms with van der Waals surface area (Å²) in [6, 6.07) is 160. The fourth-order valence-electron chi connectivity index (χ4n) is 21.4. The van der Waals surface area contributed by atoms with E-state index in [0.717, 1.165) is 112 Å². The third-order valence-electron chi connectivity index (χ3n) is 27.3. The van der Waals surface area contributed by atoms with Gasteiger partial charge in [0, 0.05) is 87.6 Å². The molecule has 29 aromatic rings. The van der Waals surface area contributed by atoms with Crippen molar-refractivity contribution in [1.29, 1.82) is 0 Å². The average molecular weight is 1710 g/mol. The Kier molecular flexibility index (Phi) is 16.5. The molecule has 8 heterocycles. The Morgan fingerprint density at radius 1 is 0.149 bits per heavy atom. The molecule has 0 radical (unpaired) electrons. The van der Waals surface area contributed by atoms with E-state index >= 15 is 0 Å². The second kappa shape index (κ2) is 29.6. The third kappa shape index (κ3) is 11.5. The highest BCUT2D eigenvalue weighted by Gasteiger charge is 2.28. The molecule has 30 rings (SSSR count). The Balaban J connectivity index is 0.000000100. The van der Waals surface area contributed by atoms with Crippen molar-refractivity contribution < 1.29 is 0 Å². The van der Waals surface area contributed by atoms with Gasteiger partial charge in [-0.1, -0.05) is 273 Å². The van der Waals surface area contributed by atoms with Crippen LogP contribution >= 0.6 is 0 Å². The molecule has 0 spiro atoms. The normalized spacial score (nSPS) is 12.0. The SMILES string of the molecule is c1ccc(-n2nc3ccc(-c4ccccc4-n4c5ccccc5c5cc6c7ccccc7n(-c7ccccc7)c6cc54)cc3n2)cc1.c1ccc(-n2nc3ccc(-n4c5ccccc5c5cc6c7c8ccccc8ccc7n(-c7ccccc7)c6cc54)cc3n2)cc1.c1ccc(-n2nc3ccc4ccc(-n5c6cccc7c6c6c8c(cccc8ccc65)-c5ccccc5-7)cc4c3n2)cc1. The molecule has 0 fully saturated rings. The van der Waals surface area contributed by atoms with Crippen molar-refractivity contribution in [2.75, 3.05) is 0 Å². The van der Waals surface area contributed by atoms with E-state index in [1.54, 1.807) is 14.4 Å². The number of fused-ring (bicyclic) bond motifs is 22. The minimum absolute atomic E-state index is 0.855. The van der Waals surface area contributed by atoms with Gasteiger partial charge in [0.25, 0.3) is 0 Å². The lowest BCUT2D eigenvalue weighted by Crippen LogP contribution is -1.98. The largest absolute Gasteiger partial charge is 0.309 e. The third-order valence-corrected chi connectivity index (χ3v) is 27.3. The van der Waals surface area contributed by atoms with Gasteiger partial charge in [-0.05, 0) is 231 Å². The van der Waals surface area contributed by atoms with Crippen LogP contribution in [0.15, 0.2) is 449 Å². The first-order valence-electron chi connectivity index (χ1n) is 45.3. The highest BCUT2D eigenvalue weighted by atomic mass is 15.5. The molecule has 0 saturated carbocycles. The molecule has 0 aliphatic heterocycles. The van der Waals surface area contributed by atoms with E-state index in [-0.39, 0.29) is 0 Å². The van der Waals surface area contributed by atoms with Crippen molar-refractivity contribution in [3.05, 3.63) is 449 Å². The van der Waals surface area contributed by atoms with E-state index in [0.29, 0.717) is 0 Å². The van der Waals surface area contributed by atoms with Crippen LogP contribution in [-0.4, -0.2) is 67.8 Å². The van der Waals surface area contributed by atoms with E-state index in [9.17, 15) is 0 Å². The summed E-state index contributed by atoms with van der Waals surface area (Å²) in [5.41, 5.74) is 32.9. The molecule has 1 aliphatic rings. The van der Waals surface area contributed by atoms with Gasteiger partial charge in [-0.2, -0.15) is 14.4 Å². The lowest BCUT2D eigenvalue weighted by atomic mass is 9.93. The van der Waals surface area contributed by atoms with Crippen LogP contribution in [0.3, 0.4) is 0 Å². The predicted molar refractivity (Wildman–Crippen MR) is 551 cm³/mol. The van der Waals surface area contributed by atoms with Crippen molar-refractivity contribution in [2.45, 2.75) is 0 Å². The van der Waals surface area contributed by atoms with Gasteiger partial charge in [0.2, 0.25) is 0 Å². The summed E-state index contributed by atoms with van der Waals surface area (Å²) in [4.78, 5) is 5.16. The maximum absolute atomic E-state index is 4.96. The van der Waals surface area contributed by atoms with Crippen molar-refractivity contribution >= 4 is 174 Å². The minimum atomic E-state index is 0.855. The zero-order valence-corrected chi connectivity index (χ0v) is 72.0. The van der Waals surface area contributed by atoms with Crippen LogP contribution in [0.1, 0.15) is 0 Å². The van der Waals surface area contributed by atoms with E-state index in [1.165, 1.54) is 142 Å². The highest BCUT2D eigenvalue weighted by Crippen LogP contribution is 2.51. The molecular formula is C120H74N14. The van der Waals surface area contributed by atoms with Gasteiger partial charge < -0.3 is 22.8 Å². The number of hydrogen-bond donors (Lipinski definition) is 0. The van der Waals surface area contributed by atoms with Crippen LogP contribution in [0.5, 0.6) is 0 Å². The van der Waals surface area contributed by atoms with Crippen LogP contribution in [0.4, 0.5) is 0 Å². The summed E-state index contributed by atoms with van der Waals surface area (Å²) < 4.78 is 12.0. The minimum Gasteiger partial charge on any atom is -0.309 e. The standard InChI is InChI=1S/C42H27N5.C40H25N5.C38H22N4/c1-3-13-29(14-4-1)45-39-21-11-8-18-32(39)34-26-35-33-19-9-12-22-40(33)46(42(35)27-41(34)45)38-20-10-7-17-31(38)28-23-24-36-37(25-28)44-47(43-36)30-15-5-2-6-16-30;1-3-12-27(13-4-1)43-37-22-19-26-11-7-8-16-30(26)40(37)33-24-32-31-17-9-10-18-36(31)44(38(32)25-39(33)43)29-20-21-34-35(23-29)42-45(41-34)28-14-5-2-6-15-28;1-2-9-25(10-3-1)42-39-32-20-17-23-16-19-26(22-31(23)38(32)40-42)41-33-15-7-14-30-28-12-5-4-11-27(28)29-13-6-8-24-18-21-34(41)37(35(24)29)36(30)33/h1-27H;1-25H;1-22H. The summed E-state index contributed by atoms with van der Waals surface area (Å²) >= 11 is 0. The van der Waals surface area contributed by atoms with E-state index in [2.05, 4.69) is 381 Å². The first kappa shape index (κ1) is 74.7. The summed E-state index contributed by atoms with van der Waals surface area (Å²) in [5, 5.41) is 48.9. The van der Waals surface area contributed by atoms with E-state index < -0.39 is 0 Å². The van der Waals surface area contributed by atoms with E-state index in [4.69, 9.17) is 30.6 Å². The van der Waals surface area contributed by atoms with Crippen molar-refractivity contribution in [3.63, 3.8) is 0 Å². The molecule has 0 amide bonds. The number of hydrogen-bond acceptors (Lipinski definition) is 6. The number of nitrogens with zero attached hydrogens (tertiary/aromatic N) is 14. The van der Waals surface area contributed by atoms with Crippen LogP contribution < -0.4 is 0 Å². The smallest absolute Gasteiger partial charge is 0.121 e. The molecule has 0 unspecified atom stereocenters. The first-order valence-corrected chi connectivity index (χ1v) is 45.3. The molecule has 0 N–H and O–H groups in total. The van der Waals surface area contributed by atoms with Crippen LogP contribution in [0.2, 0.25) is 0 Å². The first-order chi connectivity index (χ1) is 66.5. The van der Waals surface area contributed by atoms with Crippen LogP contribution in [-0.2, 0) is 0 Å². The molecular weight excluding hydrogens is 1640 g/mol. The highest BCUT2D eigenvalue weighted by molar-refractivity contribution is 6.31. The Morgan fingerprint density at radius 3 is 1.15 bits per heavy atom. The molecule has 14 heteroatoms. The van der Waals surface area contributed by atoms with Crippen LogP contribution in [0.25, 0.3) is 253 Å². The Hall–Kier alpha value is -18.4. The molecule has 0 bridgehead atoms. The fraction of sp³-hybridized carbons (Fsp3) is 0. The zero-order valence-electron chi connectivity index (χ0n) is 72.0. The average Bonchev–Trinajstić information content (AvgIpc) is 1.68. The maximum atomic E-state index is 4.96. The molecule has 21 aromatic carbocycles. The van der Waals surface area contributed by atoms with Crippen molar-refractivity contribution in [3.8, 4) is 78.9 Å². The lowest BCUT2D eigenvalue weighted by Gasteiger charge is -2.14. The molecule has 8 aromatic heterocycles. The second-order valence-corrected chi connectivity index (χ2v) is 34.7. The molecule has 134 heavy (non-hydrogen) atoms. The summed E-state index contributed by atoms with van der Waals surface area (Å²) in [6.07, 6.45) is 0. The maximum Gasteiger partial charge on any atom is 0.121 e. The summed E-state index contributed by atoms with van der Waals surface area (Å²) in [7, 11) is 0. The Labute approximate surface area is 765 Å². The van der Waals surface area contributed by atoms with Crippen molar-refractivity contribution in [1.82, 2.24) is 67.8 Å². The van der Waals surface area contributed by atoms with Crippen LogP contribution in [0, 0.1) is 0 Å².